The Morgan fingerprint density at radius 1 is 0.967 bits per heavy atom. The number of hydrogen-bond acceptors (Lipinski definition) is 7. The lowest BCUT2D eigenvalue weighted by Gasteiger charge is -2.27. The van der Waals surface area contributed by atoms with E-state index in [0.29, 0.717) is 0 Å². The number of aliphatic carboxylic acids is 1. The van der Waals surface area contributed by atoms with Crippen LogP contribution in [0.3, 0.4) is 0 Å². The number of esters is 2. The van der Waals surface area contributed by atoms with Crippen molar-refractivity contribution in [3.05, 3.63) is 35.9 Å². The molecule has 0 saturated heterocycles. The fraction of sp³-hybridized carbons (Fsp3) is 0.450. The minimum absolute atomic E-state index is 0.115. The second kappa shape index (κ2) is 11.5. The average molecular weight is 422 g/mol. The molecule has 0 fully saturated rings. The Morgan fingerprint density at radius 3 is 1.93 bits per heavy atom. The first kappa shape index (κ1) is 24.6. The molecule has 0 aliphatic heterocycles. The van der Waals surface area contributed by atoms with Crippen molar-refractivity contribution in [1.82, 2.24) is 10.6 Å². The van der Waals surface area contributed by atoms with Crippen LogP contribution in [-0.4, -0.2) is 61.1 Å². The molecule has 0 radical (unpaired) electrons. The van der Waals surface area contributed by atoms with Crippen LogP contribution < -0.4 is 10.6 Å². The maximum absolute atomic E-state index is 12.8. The maximum Gasteiger partial charge on any atom is 0.326 e. The van der Waals surface area contributed by atoms with E-state index in [4.69, 9.17) is 0 Å². The molecule has 0 bridgehead atoms. The van der Waals surface area contributed by atoms with Crippen LogP contribution in [-0.2, 0) is 39.9 Å². The smallest absolute Gasteiger partial charge is 0.326 e. The van der Waals surface area contributed by atoms with Crippen molar-refractivity contribution in [2.24, 2.45) is 11.8 Å². The van der Waals surface area contributed by atoms with Gasteiger partial charge in [-0.3, -0.25) is 19.2 Å². The van der Waals surface area contributed by atoms with Crippen molar-refractivity contribution in [2.45, 2.75) is 32.4 Å². The van der Waals surface area contributed by atoms with Gasteiger partial charge in [0.05, 0.1) is 14.2 Å². The first-order chi connectivity index (χ1) is 14.1. The highest BCUT2D eigenvalue weighted by atomic mass is 16.5. The van der Waals surface area contributed by atoms with Gasteiger partial charge in [-0.05, 0) is 5.56 Å². The summed E-state index contributed by atoms with van der Waals surface area (Å²) in [5, 5.41) is 14.4. The fourth-order valence-electron chi connectivity index (χ4n) is 2.95. The van der Waals surface area contributed by atoms with Gasteiger partial charge in [0, 0.05) is 19.3 Å². The second-order valence-corrected chi connectivity index (χ2v) is 6.65. The summed E-state index contributed by atoms with van der Waals surface area (Å²) < 4.78 is 9.14. The van der Waals surface area contributed by atoms with Crippen LogP contribution in [0.4, 0.5) is 0 Å². The zero-order valence-corrected chi connectivity index (χ0v) is 17.2. The highest BCUT2D eigenvalue weighted by Gasteiger charge is 2.42. The number of methoxy groups -OCH3 is 2. The van der Waals surface area contributed by atoms with Crippen molar-refractivity contribution < 1.29 is 38.6 Å². The summed E-state index contributed by atoms with van der Waals surface area (Å²) in [6, 6.07) is 6.14. The largest absolute Gasteiger partial charge is 0.480 e. The van der Waals surface area contributed by atoms with Gasteiger partial charge < -0.3 is 25.2 Å². The topological polar surface area (TPSA) is 148 Å². The molecule has 0 aliphatic carbocycles. The molecule has 3 N–H and O–H groups in total. The standard InChI is InChI=1S/C20H26N2O8/c1-11(15(19(27)29-3)20(28)30-4)16(18(25)26)22-17(24)14(21-12(2)23)10-13-8-6-5-7-9-13/h5-9,11,14-16H,10H2,1-4H3,(H,21,23)(H,22,24)(H,25,26)/t11-,14-,16+/m0/s1. The van der Waals surface area contributed by atoms with E-state index in [2.05, 4.69) is 20.1 Å². The van der Waals surface area contributed by atoms with Crippen LogP contribution >= 0.6 is 0 Å². The molecule has 0 heterocycles. The van der Waals surface area contributed by atoms with Gasteiger partial charge in [0.1, 0.15) is 12.1 Å². The number of carbonyl (C=O) groups is 5. The summed E-state index contributed by atoms with van der Waals surface area (Å²) in [4.78, 5) is 60.1. The number of amides is 2. The van der Waals surface area contributed by atoms with E-state index < -0.39 is 53.6 Å². The van der Waals surface area contributed by atoms with Crippen LogP contribution in [0.25, 0.3) is 0 Å². The lowest BCUT2D eigenvalue weighted by atomic mass is 9.87. The third-order valence-corrected chi connectivity index (χ3v) is 4.50. The SMILES string of the molecule is COC(=O)C(C(=O)OC)[C@H](C)[C@@H](NC(=O)[C@H](Cc1ccccc1)NC(C)=O)C(=O)O. The molecule has 1 aromatic carbocycles. The van der Waals surface area contributed by atoms with E-state index in [1.807, 2.05) is 0 Å². The molecule has 0 saturated carbocycles. The molecule has 1 rings (SSSR count). The van der Waals surface area contributed by atoms with Gasteiger partial charge >= 0.3 is 17.9 Å². The molecule has 2 amide bonds. The van der Waals surface area contributed by atoms with E-state index in [1.54, 1.807) is 30.3 Å². The molecule has 10 nitrogen and oxygen atoms in total. The van der Waals surface area contributed by atoms with Gasteiger partial charge in [-0.1, -0.05) is 37.3 Å². The van der Waals surface area contributed by atoms with Crippen LogP contribution in [0.5, 0.6) is 0 Å². The minimum atomic E-state index is -1.62. The van der Waals surface area contributed by atoms with Gasteiger partial charge in [0.2, 0.25) is 11.8 Å². The van der Waals surface area contributed by atoms with Crippen LogP contribution in [0.1, 0.15) is 19.4 Å². The van der Waals surface area contributed by atoms with Crippen LogP contribution in [0, 0.1) is 11.8 Å². The minimum Gasteiger partial charge on any atom is -0.480 e. The number of hydrogen-bond donors (Lipinski definition) is 3. The molecule has 0 aromatic heterocycles. The predicted octanol–water partition coefficient (Wildman–Crippen LogP) is -0.0985. The Balaban J connectivity index is 3.11. The highest BCUT2D eigenvalue weighted by molar-refractivity contribution is 5.97. The molecule has 3 atom stereocenters. The number of ether oxygens (including phenoxy) is 2. The summed E-state index contributed by atoms with van der Waals surface area (Å²) in [5.41, 5.74) is 0.744. The zero-order chi connectivity index (χ0) is 22.8. The number of carboxylic acids is 1. The summed E-state index contributed by atoms with van der Waals surface area (Å²) in [7, 11) is 2.10. The Bertz CT molecular complexity index is 764. The average Bonchev–Trinajstić information content (AvgIpc) is 2.71. The van der Waals surface area contributed by atoms with Crippen molar-refractivity contribution in [3.8, 4) is 0 Å². The van der Waals surface area contributed by atoms with Gasteiger partial charge in [0.15, 0.2) is 5.92 Å². The number of nitrogens with one attached hydrogen (secondary N) is 2. The molecule has 1 aromatic rings. The molecule has 30 heavy (non-hydrogen) atoms. The summed E-state index contributed by atoms with van der Waals surface area (Å²) in [5.74, 6) is -7.45. The zero-order valence-electron chi connectivity index (χ0n) is 17.2. The third-order valence-electron chi connectivity index (χ3n) is 4.50. The van der Waals surface area contributed by atoms with Crippen molar-refractivity contribution in [3.63, 3.8) is 0 Å². The quantitative estimate of drug-likeness (QED) is 0.350. The molecular formula is C20H26N2O8. The first-order valence-corrected chi connectivity index (χ1v) is 9.12. The Hall–Kier alpha value is -3.43. The van der Waals surface area contributed by atoms with Gasteiger partial charge in [-0.15, -0.1) is 0 Å². The lowest BCUT2D eigenvalue weighted by Crippen LogP contribution is -2.56. The monoisotopic (exact) mass is 422 g/mol. The predicted molar refractivity (Wildman–Crippen MR) is 104 cm³/mol. The molecule has 0 spiro atoms. The Kier molecular flexibility index (Phi) is 9.47. The van der Waals surface area contributed by atoms with Crippen molar-refractivity contribution >= 4 is 29.7 Å². The first-order valence-electron chi connectivity index (χ1n) is 9.12. The number of carboxylic acid groups (broad SMARTS) is 1. The number of benzene rings is 1. The normalized spacial score (nSPS) is 13.5. The number of rotatable bonds is 10. The van der Waals surface area contributed by atoms with E-state index >= 15 is 0 Å². The van der Waals surface area contributed by atoms with Crippen LogP contribution in [0.15, 0.2) is 30.3 Å². The fourth-order valence-corrected chi connectivity index (χ4v) is 2.95. The lowest BCUT2D eigenvalue weighted by molar-refractivity contribution is -0.163. The van der Waals surface area contributed by atoms with Crippen molar-refractivity contribution in [2.75, 3.05) is 14.2 Å². The Morgan fingerprint density at radius 2 is 1.50 bits per heavy atom. The second-order valence-electron chi connectivity index (χ2n) is 6.65. The van der Waals surface area contributed by atoms with Crippen molar-refractivity contribution in [1.29, 1.82) is 0 Å². The summed E-state index contributed by atoms with van der Waals surface area (Å²) in [6.07, 6.45) is 0.115. The van der Waals surface area contributed by atoms with E-state index in [1.165, 1.54) is 13.8 Å². The summed E-state index contributed by atoms with van der Waals surface area (Å²) >= 11 is 0. The van der Waals surface area contributed by atoms with Gasteiger partial charge in [0.25, 0.3) is 0 Å². The van der Waals surface area contributed by atoms with E-state index in [-0.39, 0.29) is 6.42 Å². The molecule has 0 aliphatic rings. The van der Waals surface area contributed by atoms with Gasteiger partial charge in [-0.25, -0.2) is 4.79 Å². The molecule has 164 valence electrons. The summed E-state index contributed by atoms with van der Waals surface area (Å²) in [6.45, 7) is 2.54. The van der Waals surface area contributed by atoms with Crippen LogP contribution in [0.2, 0.25) is 0 Å². The maximum atomic E-state index is 12.8. The molecule has 0 unspecified atom stereocenters. The van der Waals surface area contributed by atoms with E-state index in [0.717, 1.165) is 19.8 Å². The molecular weight excluding hydrogens is 396 g/mol. The van der Waals surface area contributed by atoms with E-state index in [9.17, 15) is 29.1 Å². The Labute approximate surface area is 173 Å². The number of carbonyl (C=O) groups excluding carboxylic acids is 4. The van der Waals surface area contributed by atoms with Gasteiger partial charge in [-0.2, -0.15) is 0 Å². The third kappa shape index (κ3) is 6.87. The highest BCUT2D eigenvalue weighted by Crippen LogP contribution is 2.20. The molecule has 10 heteroatoms.